The molecule has 0 bridgehead atoms. The van der Waals surface area contributed by atoms with E-state index in [0.29, 0.717) is 6.54 Å². The van der Waals surface area contributed by atoms with Crippen molar-refractivity contribution in [2.45, 2.75) is 38.3 Å². The summed E-state index contributed by atoms with van der Waals surface area (Å²) in [5.74, 6) is -0.277. The number of methoxy groups -OCH3 is 1. The maximum Gasteiger partial charge on any atom is 0.267 e. The van der Waals surface area contributed by atoms with Crippen LogP contribution in [0.15, 0.2) is 54.6 Å². The average molecular weight is 366 g/mol. The van der Waals surface area contributed by atoms with Crippen LogP contribution in [0.25, 0.3) is 0 Å². The zero-order chi connectivity index (χ0) is 19.3. The minimum atomic E-state index is -0.601. The fraction of sp³-hybridized carbons (Fsp3) is 0.381. The molecule has 1 fully saturated rings. The molecule has 2 unspecified atom stereocenters. The first-order valence-electron chi connectivity index (χ1n) is 9.21. The van der Waals surface area contributed by atoms with Crippen LogP contribution in [-0.2, 0) is 16.9 Å². The van der Waals surface area contributed by atoms with E-state index in [1.165, 1.54) is 5.57 Å². The Morgan fingerprint density at radius 2 is 2.15 bits per heavy atom. The molecule has 2 aromatic heterocycles. The van der Waals surface area contributed by atoms with Gasteiger partial charge in [0, 0.05) is 32.2 Å². The Hall–Kier alpha value is -2.73. The third kappa shape index (κ3) is 3.85. The van der Waals surface area contributed by atoms with Crippen molar-refractivity contribution >= 4 is 5.91 Å². The molecule has 1 aliphatic carbocycles. The number of pyridine rings is 2. The van der Waals surface area contributed by atoms with Gasteiger partial charge in [0.05, 0.1) is 0 Å². The number of nitrogens with one attached hydrogen (secondary N) is 1. The van der Waals surface area contributed by atoms with Crippen molar-refractivity contribution in [3.63, 3.8) is 0 Å². The molecule has 3 rings (SSSR count). The lowest BCUT2D eigenvalue weighted by Crippen LogP contribution is -2.41. The zero-order valence-electron chi connectivity index (χ0n) is 15.8. The first-order valence-corrected chi connectivity index (χ1v) is 9.21. The second-order valence-corrected chi connectivity index (χ2v) is 6.93. The van der Waals surface area contributed by atoms with E-state index >= 15 is 0 Å². The molecule has 0 aliphatic heterocycles. The number of aromatic nitrogens is 2. The summed E-state index contributed by atoms with van der Waals surface area (Å²) in [6, 6.07) is 7.64. The summed E-state index contributed by atoms with van der Waals surface area (Å²) in [5, 5.41) is 3.41. The molecular formula is C21H26N4O2. The van der Waals surface area contributed by atoms with Gasteiger partial charge in [0.1, 0.15) is 11.3 Å². The van der Waals surface area contributed by atoms with E-state index in [4.69, 9.17) is 10.5 Å². The predicted octanol–water partition coefficient (Wildman–Crippen LogP) is 2.91. The topological polar surface area (TPSA) is 90.1 Å². The van der Waals surface area contributed by atoms with E-state index < -0.39 is 11.5 Å². The number of amides is 1. The summed E-state index contributed by atoms with van der Waals surface area (Å²) in [7, 11) is 1.73. The Morgan fingerprint density at radius 1 is 1.37 bits per heavy atom. The molecule has 0 aromatic carbocycles. The molecule has 0 spiro atoms. The van der Waals surface area contributed by atoms with Gasteiger partial charge in [-0.05, 0) is 72.3 Å². The normalized spacial score (nSPS) is 23.9. The van der Waals surface area contributed by atoms with Gasteiger partial charge in [0.25, 0.3) is 5.91 Å². The lowest BCUT2D eigenvalue weighted by atomic mass is 9.69. The van der Waals surface area contributed by atoms with E-state index in [9.17, 15) is 4.79 Å². The molecule has 6 heteroatoms. The largest absolute Gasteiger partial charge is 0.387 e. The van der Waals surface area contributed by atoms with Crippen LogP contribution in [-0.4, -0.2) is 23.0 Å². The number of ether oxygens (including phenoxy) is 1. The third-order valence-electron chi connectivity index (χ3n) is 5.35. The number of nitrogens with zero attached hydrogens (tertiary/aromatic N) is 2. The summed E-state index contributed by atoms with van der Waals surface area (Å²) in [5.41, 5.74) is 8.33. The number of hydrogen-bond donors (Lipinski definition) is 2. The van der Waals surface area contributed by atoms with Gasteiger partial charge in [0.2, 0.25) is 0 Å². The molecule has 2 heterocycles. The highest BCUT2D eigenvalue weighted by Crippen LogP contribution is 2.47. The van der Waals surface area contributed by atoms with Crippen molar-refractivity contribution in [3.05, 3.63) is 71.4 Å². The fourth-order valence-electron chi connectivity index (χ4n) is 3.99. The van der Waals surface area contributed by atoms with Gasteiger partial charge in [-0.3, -0.25) is 14.8 Å². The number of carbonyl (C=O) groups is 1. The molecule has 0 radical (unpaired) electrons. The molecular weight excluding hydrogens is 340 g/mol. The van der Waals surface area contributed by atoms with E-state index in [1.54, 1.807) is 31.8 Å². The van der Waals surface area contributed by atoms with Crippen LogP contribution in [0, 0.1) is 5.92 Å². The maximum atomic E-state index is 11.6. The summed E-state index contributed by atoms with van der Waals surface area (Å²) in [6.45, 7) is 2.90. The molecule has 142 valence electrons. The summed E-state index contributed by atoms with van der Waals surface area (Å²) in [4.78, 5) is 19.7. The smallest absolute Gasteiger partial charge is 0.267 e. The first kappa shape index (κ1) is 19.0. The number of primary amides is 1. The van der Waals surface area contributed by atoms with Crippen LogP contribution in [0.2, 0.25) is 0 Å². The van der Waals surface area contributed by atoms with Crippen LogP contribution >= 0.6 is 0 Å². The van der Waals surface area contributed by atoms with E-state index in [-0.39, 0.29) is 11.6 Å². The highest BCUT2D eigenvalue weighted by molar-refractivity contribution is 5.90. The Labute approximate surface area is 159 Å². The predicted molar refractivity (Wildman–Crippen MR) is 104 cm³/mol. The summed E-state index contributed by atoms with van der Waals surface area (Å²) < 4.78 is 6.13. The molecule has 2 aromatic rings. The molecule has 1 amide bonds. The zero-order valence-corrected chi connectivity index (χ0v) is 15.8. The van der Waals surface area contributed by atoms with Crippen molar-refractivity contribution in [2.24, 2.45) is 11.7 Å². The second-order valence-electron chi connectivity index (χ2n) is 6.93. The highest BCUT2D eigenvalue weighted by atomic mass is 16.5. The van der Waals surface area contributed by atoms with Gasteiger partial charge >= 0.3 is 0 Å². The summed E-state index contributed by atoms with van der Waals surface area (Å²) in [6.07, 6.45) is 10.3. The number of nitrogens with two attached hydrogens (primary N) is 1. The van der Waals surface area contributed by atoms with Crippen molar-refractivity contribution in [2.75, 3.05) is 7.11 Å². The van der Waals surface area contributed by atoms with Crippen LogP contribution < -0.4 is 11.1 Å². The van der Waals surface area contributed by atoms with Crippen LogP contribution in [0.4, 0.5) is 0 Å². The Kier molecular flexibility index (Phi) is 5.86. The maximum absolute atomic E-state index is 11.6. The quantitative estimate of drug-likeness (QED) is 0.820. The standard InChI is InChI=1S/C21H26N4O2/c1-15-4-3-5-18(14-24-13-16-6-9-23-10-7-16)21(15,27-2)17-8-11-25-19(12-17)20(22)26/h6-12,14-15,24H,3-5,13H2,1-2H3,(H2,22,26)/b18-14+. The molecule has 1 saturated carbocycles. The highest BCUT2D eigenvalue weighted by Gasteiger charge is 2.44. The number of rotatable bonds is 6. The van der Waals surface area contributed by atoms with Crippen LogP contribution in [0.5, 0.6) is 0 Å². The monoisotopic (exact) mass is 366 g/mol. The van der Waals surface area contributed by atoms with E-state index in [1.807, 2.05) is 18.2 Å². The lowest BCUT2D eigenvalue weighted by molar-refractivity contribution is -0.0434. The van der Waals surface area contributed by atoms with Gasteiger partial charge in [0.15, 0.2) is 0 Å². The number of hydrogen-bond acceptors (Lipinski definition) is 5. The van der Waals surface area contributed by atoms with Crippen molar-refractivity contribution < 1.29 is 9.53 Å². The molecule has 1 aliphatic rings. The van der Waals surface area contributed by atoms with Gasteiger partial charge in [-0.2, -0.15) is 0 Å². The molecule has 0 saturated heterocycles. The molecule has 3 N–H and O–H groups in total. The molecule has 27 heavy (non-hydrogen) atoms. The van der Waals surface area contributed by atoms with Gasteiger partial charge in [-0.1, -0.05) is 6.92 Å². The Morgan fingerprint density at radius 3 is 2.85 bits per heavy atom. The van der Waals surface area contributed by atoms with Gasteiger partial charge in [-0.15, -0.1) is 0 Å². The molecule has 2 atom stereocenters. The van der Waals surface area contributed by atoms with E-state index in [0.717, 1.165) is 30.4 Å². The van der Waals surface area contributed by atoms with Gasteiger partial charge in [-0.25, -0.2) is 0 Å². The SMILES string of the molecule is COC1(c2ccnc(C(N)=O)c2)/C(=C/NCc2ccncc2)CCCC1C. The first-order chi connectivity index (χ1) is 13.1. The van der Waals surface area contributed by atoms with Crippen LogP contribution in [0.3, 0.4) is 0 Å². The number of carbonyl (C=O) groups excluding carboxylic acids is 1. The minimum Gasteiger partial charge on any atom is -0.387 e. The lowest BCUT2D eigenvalue weighted by Gasteiger charge is -2.44. The fourth-order valence-corrected chi connectivity index (χ4v) is 3.99. The molecule has 6 nitrogen and oxygen atoms in total. The average Bonchev–Trinajstić information content (AvgIpc) is 2.69. The second kappa shape index (κ2) is 8.31. The van der Waals surface area contributed by atoms with Crippen molar-refractivity contribution in [1.29, 1.82) is 0 Å². The van der Waals surface area contributed by atoms with Crippen LogP contribution in [0.1, 0.15) is 47.8 Å². The van der Waals surface area contributed by atoms with E-state index in [2.05, 4.69) is 28.4 Å². The van der Waals surface area contributed by atoms with Crippen molar-refractivity contribution in [1.82, 2.24) is 15.3 Å². The minimum absolute atomic E-state index is 0.255. The summed E-state index contributed by atoms with van der Waals surface area (Å²) >= 11 is 0. The Balaban J connectivity index is 1.94. The Bertz CT molecular complexity index is 822. The van der Waals surface area contributed by atoms with Crippen molar-refractivity contribution in [3.8, 4) is 0 Å². The van der Waals surface area contributed by atoms with Gasteiger partial charge < -0.3 is 15.8 Å². The third-order valence-corrected chi connectivity index (χ3v) is 5.35.